The molecule has 6 heteroatoms. The fourth-order valence-electron chi connectivity index (χ4n) is 3.08. The third-order valence-electron chi connectivity index (χ3n) is 4.52. The first-order chi connectivity index (χ1) is 13.4. The molecule has 144 valence electrons. The first-order valence-corrected chi connectivity index (χ1v) is 8.92. The van der Waals surface area contributed by atoms with Crippen molar-refractivity contribution < 1.29 is 18.0 Å². The summed E-state index contributed by atoms with van der Waals surface area (Å²) in [5.41, 5.74) is 2.60. The Balaban J connectivity index is 1.62. The average Bonchev–Trinajstić information content (AvgIpc) is 2.68. The summed E-state index contributed by atoms with van der Waals surface area (Å²) in [5.74, 6) is -0.539. The smallest absolute Gasteiger partial charge is 0.294 e. The number of carbonyl (C=O) groups is 1. The summed E-state index contributed by atoms with van der Waals surface area (Å²) in [6.45, 7) is 1.95. The molecule has 0 amide bonds. The van der Waals surface area contributed by atoms with Crippen LogP contribution in [0.1, 0.15) is 40.2 Å². The third-order valence-corrected chi connectivity index (χ3v) is 4.52. The van der Waals surface area contributed by atoms with Gasteiger partial charge in [-0.3, -0.25) is 14.8 Å². The maximum atomic E-state index is 13.0. The fraction of sp³-hybridized carbons (Fsp3) is 0.227. The molecule has 0 fully saturated rings. The van der Waals surface area contributed by atoms with Crippen LogP contribution in [0.2, 0.25) is 0 Å². The molecule has 3 nitrogen and oxygen atoms in total. The predicted molar refractivity (Wildman–Crippen MR) is 101 cm³/mol. The number of benzene rings is 1. The van der Waals surface area contributed by atoms with Gasteiger partial charge in [0.15, 0.2) is 11.5 Å². The minimum atomic E-state index is -4.63. The van der Waals surface area contributed by atoms with Gasteiger partial charge in [0.25, 0.3) is 0 Å². The lowest BCUT2D eigenvalue weighted by Gasteiger charge is -2.10. The van der Waals surface area contributed by atoms with Gasteiger partial charge in [-0.2, -0.15) is 13.2 Å². The van der Waals surface area contributed by atoms with Crippen LogP contribution < -0.4 is 0 Å². The van der Waals surface area contributed by atoms with E-state index in [0.717, 1.165) is 28.6 Å². The summed E-state index contributed by atoms with van der Waals surface area (Å²) in [4.78, 5) is 19.8. The van der Waals surface area contributed by atoms with Crippen LogP contribution in [0.4, 0.5) is 13.2 Å². The summed E-state index contributed by atoms with van der Waals surface area (Å²) in [6.07, 6.45) is -0.720. The highest BCUT2D eigenvalue weighted by atomic mass is 19.4. The molecule has 2 heterocycles. The maximum absolute atomic E-state index is 13.0. The van der Waals surface area contributed by atoms with Crippen molar-refractivity contribution >= 4 is 5.78 Å². The van der Waals surface area contributed by atoms with E-state index in [9.17, 15) is 18.0 Å². The standard InChI is InChI=1S/C22H19F3N2O/c1-15-18(6-3-13-26-15)17-11-9-16(10-12-17)5-2-8-20(28)19-7-4-14-27-21(19)22(23,24)25/h3-4,6-7,9-14H,2,5,8H2,1H3. The second-order valence-corrected chi connectivity index (χ2v) is 6.51. The molecule has 0 aliphatic carbocycles. The van der Waals surface area contributed by atoms with Crippen molar-refractivity contribution in [3.05, 3.63) is 83.4 Å². The summed E-state index contributed by atoms with van der Waals surface area (Å²) >= 11 is 0. The molecule has 0 spiro atoms. The van der Waals surface area contributed by atoms with Crippen molar-refractivity contribution in [3.8, 4) is 11.1 Å². The Morgan fingerprint density at radius 1 is 0.964 bits per heavy atom. The Labute approximate surface area is 161 Å². The molecule has 3 rings (SSSR count). The molecule has 0 N–H and O–H groups in total. The molecular formula is C22H19F3N2O. The van der Waals surface area contributed by atoms with Gasteiger partial charge >= 0.3 is 6.18 Å². The number of alkyl halides is 3. The highest BCUT2D eigenvalue weighted by molar-refractivity contribution is 5.97. The quantitative estimate of drug-likeness (QED) is 0.514. The van der Waals surface area contributed by atoms with Crippen LogP contribution in [0.3, 0.4) is 0 Å². The number of aryl methyl sites for hydroxylation is 2. The molecule has 1 aromatic carbocycles. The molecule has 0 saturated carbocycles. The van der Waals surface area contributed by atoms with E-state index in [1.807, 2.05) is 43.3 Å². The summed E-state index contributed by atoms with van der Waals surface area (Å²) < 4.78 is 38.9. The number of hydrogen-bond acceptors (Lipinski definition) is 3. The number of hydrogen-bond donors (Lipinski definition) is 0. The monoisotopic (exact) mass is 384 g/mol. The Morgan fingerprint density at radius 2 is 1.64 bits per heavy atom. The first kappa shape index (κ1) is 19.7. The van der Waals surface area contributed by atoms with Crippen molar-refractivity contribution in [3.63, 3.8) is 0 Å². The molecule has 0 atom stereocenters. The topological polar surface area (TPSA) is 42.9 Å². The Morgan fingerprint density at radius 3 is 2.32 bits per heavy atom. The Kier molecular flexibility index (Phi) is 5.87. The van der Waals surface area contributed by atoms with Crippen molar-refractivity contribution in [2.75, 3.05) is 0 Å². The number of Topliss-reactive ketones (excluding diaryl/α,β-unsaturated/α-hetero) is 1. The van der Waals surface area contributed by atoms with Gasteiger partial charge in [0.2, 0.25) is 0 Å². The highest BCUT2D eigenvalue weighted by Gasteiger charge is 2.36. The van der Waals surface area contributed by atoms with Gasteiger partial charge in [-0.15, -0.1) is 0 Å². The van der Waals surface area contributed by atoms with E-state index in [-0.39, 0.29) is 12.0 Å². The number of nitrogens with zero attached hydrogens (tertiary/aromatic N) is 2. The van der Waals surface area contributed by atoms with Crippen LogP contribution in [0.5, 0.6) is 0 Å². The van der Waals surface area contributed by atoms with Crippen molar-refractivity contribution in [1.29, 1.82) is 0 Å². The fourth-order valence-corrected chi connectivity index (χ4v) is 3.08. The van der Waals surface area contributed by atoms with E-state index >= 15 is 0 Å². The molecule has 2 aromatic heterocycles. The van der Waals surface area contributed by atoms with E-state index in [1.54, 1.807) is 6.20 Å². The van der Waals surface area contributed by atoms with Gasteiger partial charge < -0.3 is 0 Å². The highest BCUT2D eigenvalue weighted by Crippen LogP contribution is 2.30. The molecule has 0 radical (unpaired) electrons. The van der Waals surface area contributed by atoms with E-state index in [1.165, 1.54) is 12.1 Å². The lowest BCUT2D eigenvalue weighted by atomic mass is 9.99. The SMILES string of the molecule is Cc1ncccc1-c1ccc(CCCC(=O)c2cccnc2C(F)(F)F)cc1. The van der Waals surface area contributed by atoms with Crippen LogP contribution in [-0.4, -0.2) is 15.8 Å². The zero-order chi connectivity index (χ0) is 20.1. The molecule has 0 bridgehead atoms. The Bertz CT molecular complexity index is 966. The van der Waals surface area contributed by atoms with Gasteiger partial charge in [-0.25, -0.2) is 0 Å². The zero-order valence-electron chi connectivity index (χ0n) is 15.3. The molecule has 0 saturated heterocycles. The number of ketones is 1. The normalized spacial score (nSPS) is 11.4. The zero-order valence-corrected chi connectivity index (χ0v) is 15.3. The summed E-state index contributed by atoms with van der Waals surface area (Å²) in [5, 5.41) is 0. The maximum Gasteiger partial charge on any atom is 0.434 e. The van der Waals surface area contributed by atoms with Crippen LogP contribution in [0, 0.1) is 6.92 Å². The molecular weight excluding hydrogens is 365 g/mol. The largest absolute Gasteiger partial charge is 0.434 e. The number of rotatable bonds is 6. The van der Waals surface area contributed by atoms with Gasteiger partial charge in [-0.05, 0) is 49.1 Å². The number of halogens is 3. The molecule has 3 aromatic rings. The van der Waals surface area contributed by atoms with Crippen LogP contribution in [-0.2, 0) is 12.6 Å². The van der Waals surface area contributed by atoms with Crippen LogP contribution in [0.25, 0.3) is 11.1 Å². The first-order valence-electron chi connectivity index (χ1n) is 8.92. The average molecular weight is 384 g/mol. The second-order valence-electron chi connectivity index (χ2n) is 6.51. The number of pyridine rings is 2. The van der Waals surface area contributed by atoms with Gasteiger partial charge in [0, 0.05) is 35.6 Å². The minimum Gasteiger partial charge on any atom is -0.294 e. The molecule has 0 unspecified atom stereocenters. The lowest BCUT2D eigenvalue weighted by molar-refractivity contribution is -0.141. The van der Waals surface area contributed by atoms with E-state index in [2.05, 4.69) is 9.97 Å². The molecule has 0 aliphatic rings. The number of carbonyl (C=O) groups excluding carboxylic acids is 1. The van der Waals surface area contributed by atoms with Gasteiger partial charge in [0.1, 0.15) is 0 Å². The lowest BCUT2D eigenvalue weighted by Crippen LogP contribution is -2.15. The predicted octanol–water partition coefficient (Wildman–Crippen LogP) is 5.68. The third kappa shape index (κ3) is 4.63. The van der Waals surface area contributed by atoms with Gasteiger partial charge in [0.05, 0.1) is 0 Å². The van der Waals surface area contributed by atoms with Crippen molar-refractivity contribution in [2.24, 2.45) is 0 Å². The van der Waals surface area contributed by atoms with Crippen molar-refractivity contribution in [2.45, 2.75) is 32.4 Å². The number of aromatic nitrogens is 2. The van der Waals surface area contributed by atoms with E-state index in [4.69, 9.17) is 0 Å². The molecule has 0 aliphatic heterocycles. The van der Waals surface area contributed by atoms with Crippen LogP contribution in [0.15, 0.2) is 60.9 Å². The Hall–Kier alpha value is -3.02. The van der Waals surface area contributed by atoms with E-state index < -0.39 is 17.7 Å². The van der Waals surface area contributed by atoms with Gasteiger partial charge in [-0.1, -0.05) is 30.3 Å². The minimum absolute atomic E-state index is 0.0399. The summed E-state index contributed by atoms with van der Waals surface area (Å²) in [7, 11) is 0. The summed E-state index contributed by atoms with van der Waals surface area (Å²) in [6, 6.07) is 14.3. The van der Waals surface area contributed by atoms with Crippen molar-refractivity contribution in [1.82, 2.24) is 9.97 Å². The van der Waals surface area contributed by atoms with Crippen LogP contribution >= 0.6 is 0 Å². The molecule has 28 heavy (non-hydrogen) atoms. The second kappa shape index (κ2) is 8.33. The van der Waals surface area contributed by atoms with E-state index in [0.29, 0.717) is 12.8 Å².